The van der Waals surface area contributed by atoms with Crippen molar-refractivity contribution in [2.45, 2.75) is 87.4 Å². The monoisotopic (exact) mass is 528 g/mol. The van der Waals surface area contributed by atoms with E-state index >= 15 is 0 Å². The Labute approximate surface area is 204 Å². The number of alkyl halides is 1. The fourth-order valence-electron chi connectivity index (χ4n) is 6.04. The van der Waals surface area contributed by atoms with Crippen LogP contribution < -0.4 is 0 Å². The molecule has 0 aromatic rings. The maximum Gasteiger partial charge on any atom is 0.310 e. The predicted molar refractivity (Wildman–Crippen MR) is 127 cm³/mol. The van der Waals surface area contributed by atoms with Gasteiger partial charge in [-0.15, -0.1) is 6.58 Å². The predicted octanol–water partition coefficient (Wildman–Crippen LogP) is 2.57. The summed E-state index contributed by atoms with van der Waals surface area (Å²) in [6, 6.07) is -0.882. The number of hydrogen-bond donors (Lipinski definition) is 2. The third-order valence-corrected chi connectivity index (χ3v) is 8.31. The lowest BCUT2D eigenvalue weighted by Crippen LogP contribution is -2.58. The number of aliphatic carboxylic acids is 1. The molecule has 2 N–H and O–H groups in total. The fraction of sp³-hybridized carbons (Fsp3) is 0.792. The quantitative estimate of drug-likeness (QED) is 0.216. The summed E-state index contributed by atoms with van der Waals surface area (Å²) in [7, 11) is 0. The zero-order valence-corrected chi connectivity index (χ0v) is 21.2. The summed E-state index contributed by atoms with van der Waals surface area (Å²) >= 11 is 3.57. The molecule has 3 aliphatic heterocycles. The Morgan fingerprint density at radius 3 is 2.67 bits per heavy atom. The van der Waals surface area contributed by atoms with Crippen LogP contribution in [0.5, 0.6) is 0 Å². The normalized spacial score (nSPS) is 33.3. The van der Waals surface area contributed by atoms with Gasteiger partial charge in [-0.05, 0) is 32.6 Å². The first-order valence-electron chi connectivity index (χ1n) is 12.1. The number of carbonyl (C=O) groups is 3. The first kappa shape index (κ1) is 26.2. The molecule has 0 aromatic heterocycles. The Morgan fingerprint density at radius 2 is 2.06 bits per heavy atom. The van der Waals surface area contributed by atoms with Crippen LogP contribution in [0.3, 0.4) is 0 Å². The molecule has 186 valence electrons. The minimum Gasteiger partial charge on any atom is -0.481 e. The molecular weight excluding hydrogens is 492 g/mol. The van der Waals surface area contributed by atoms with Crippen molar-refractivity contribution in [2.24, 2.45) is 11.8 Å². The Kier molecular flexibility index (Phi) is 8.61. The Hall–Kier alpha value is -1.45. The number of carbonyl (C=O) groups excluding carboxylic acids is 2. The van der Waals surface area contributed by atoms with Crippen molar-refractivity contribution in [3.05, 3.63) is 12.7 Å². The van der Waals surface area contributed by atoms with E-state index in [2.05, 4.69) is 29.4 Å². The summed E-state index contributed by atoms with van der Waals surface area (Å²) < 4.78 is 6.32. The van der Waals surface area contributed by atoms with Crippen molar-refractivity contribution in [1.29, 1.82) is 0 Å². The van der Waals surface area contributed by atoms with Crippen molar-refractivity contribution < 1.29 is 29.3 Å². The molecule has 3 heterocycles. The van der Waals surface area contributed by atoms with Gasteiger partial charge in [-0.2, -0.15) is 0 Å². The van der Waals surface area contributed by atoms with E-state index in [4.69, 9.17) is 9.84 Å². The average Bonchev–Trinajstić information content (AvgIpc) is 3.35. The molecule has 2 bridgehead atoms. The van der Waals surface area contributed by atoms with Crippen LogP contribution in [0.15, 0.2) is 12.7 Å². The topological polar surface area (TPSA) is 107 Å². The Balaban J connectivity index is 1.96. The summed E-state index contributed by atoms with van der Waals surface area (Å²) in [6.07, 6.45) is 6.26. The number of aliphatic hydroxyl groups excluding tert-OH is 1. The molecule has 33 heavy (non-hydrogen) atoms. The molecule has 3 fully saturated rings. The molecule has 0 aromatic carbocycles. The van der Waals surface area contributed by atoms with Gasteiger partial charge in [0.1, 0.15) is 11.6 Å². The number of aliphatic hydroxyl groups is 1. The number of carboxylic acid groups (broad SMARTS) is 1. The van der Waals surface area contributed by atoms with E-state index in [0.717, 1.165) is 25.7 Å². The van der Waals surface area contributed by atoms with Crippen LogP contribution >= 0.6 is 15.9 Å². The number of fused-ring (bicyclic) bond motifs is 1. The van der Waals surface area contributed by atoms with Gasteiger partial charge in [-0.1, -0.05) is 48.2 Å². The third kappa shape index (κ3) is 4.60. The number of likely N-dealkylation sites (tertiary alicyclic amines) is 1. The van der Waals surface area contributed by atoms with Crippen LogP contribution in [-0.2, 0) is 19.1 Å². The van der Waals surface area contributed by atoms with E-state index in [0.29, 0.717) is 32.4 Å². The summed E-state index contributed by atoms with van der Waals surface area (Å²) in [5.74, 6) is -3.35. The van der Waals surface area contributed by atoms with E-state index in [-0.39, 0.29) is 29.3 Å². The van der Waals surface area contributed by atoms with E-state index in [1.54, 1.807) is 15.9 Å². The second kappa shape index (κ2) is 10.9. The lowest BCUT2D eigenvalue weighted by molar-refractivity contribution is -0.151. The fourth-order valence-corrected chi connectivity index (χ4v) is 6.98. The molecule has 9 heteroatoms. The lowest BCUT2D eigenvalue weighted by atomic mass is 9.70. The molecule has 8 nitrogen and oxygen atoms in total. The molecule has 7 atom stereocenters. The van der Waals surface area contributed by atoms with E-state index in [1.807, 2.05) is 6.92 Å². The number of carboxylic acids is 1. The van der Waals surface area contributed by atoms with Crippen molar-refractivity contribution >= 4 is 33.7 Å². The molecule has 3 saturated heterocycles. The van der Waals surface area contributed by atoms with Crippen molar-refractivity contribution in [2.75, 3.05) is 19.7 Å². The van der Waals surface area contributed by atoms with Gasteiger partial charge in [-0.3, -0.25) is 14.4 Å². The first-order chi connectivity index (χ1) is 15.7. The number of halogens is 1. The second-order valence-corrected chi connectivity index (χ2v) is 10.8. The van der Waals surface area contributed by atoms with Crippen molar-refractivity contribution in [3.8, 4) is 0 Å². The first-order valence-corrected chi connectivity index (χ1v) is 13.0. The van der Waals surface area contributed by atoms with Crippen LogP contribution in [0.1, 0.15) is 58.8 Å². The summed E-state index contributed by atoms with van der Waals surface area (Å²) in [4.78, 5) is 43.0. The third-order valence-electron chi connectivity index (χ3n) is 7.46. The number of amides is 2. The van der Waals surface area contributed by atoms with E-state index < -0.39 is 35.6 Å². The highest BCUT2D eigenvalue weighted by atomic mass is 79.9. The Bertz CT molecular complexity index is 763. The van der Waals surface area contributed by atoms with E-state index in [9.17, 15) is 19.5 Å². The van der Waals surface area contributed by atoms with Crippen molar-refractivity contribution in [3.63, 3.8) is 0 Å². The minimum atomic E-state index is -1.13. The molecule has 0 radical (unpaired) electrons. The van der Waals surface area contributed by atoms with E-state index in [1.165, 1.54) is 0 Å². The standard InChI is InChI=1S/C24H37BrN2O6/c1-4-10-15(3)26(11-5-2)22(30)20-24-14-16(25)19(33-24)17(23(31)32)18(24)21(29)27(20)12-8-6-7-9-13-28/h5,15-20,28H,2,4,6-14H2,1,3H3,(H,31,32)/t15?,16?,17-,18+,19-,20-,24+/m0/s1. The number of unbranched alkanes of at least 4 members (excludes halogenated alkanes) is 3. The number of nitrogens with zero attached hydrogens (tertiary/aromatic N) is 2. The van der Waals surface area contributed by atoms with Gasteiger partial charge in [0.15, 0.2) is 0 Å². The van der Waals surface area contributed by atoms with Crippen LogP contribution in [-0.4, -0.2) is 86.1 Å². The number of rotatable bonds is 13. The van der Waals surface area contributed by atoms with Crippen LogP contribution in [0.4, 0.5) is 0 Å². The SMILES string of the molecule is C=CCN(C(=O)[C@@H]1N(CCCCCCO)C(=O)[C@H]2[C@H](C(=O)O)[C@H]3O[C@@]12CC3Br)C(C)CCC. The molecule has 3 rings (SSSR count). The molecule has 3 aliphatic rings. The Morgan fingerprint density at radius 1 is 1.36 bits per heavy atom. The molecule has 0 aliphatic carbocycles. The zero-order valence-electron chi connectivity index (χ0n) is 19.6. The molecule has 2 unspecified atom stereocenters. The maximum absolute atomic E-state index is 14.1. The maximum atomic E-state index is 14.1. The second-order valence-electron chi connectivity index (χ2n) is 9.59. The minimum absolute atomic E-state index is 0.0360. The van der Waals surface area contributed by atoms with Crippen molar-refractivity contribution in [1.82, 2.24) is 9.80 Å². The number of hydrogen-bond acceptors (Lipinski definition) is 5. The van der Waals surface area contributed by atoms with Gasteiger partial charge < -0.3 is 24.7 Å². The van der Waals surface area contributed by atoms with Gasteiger partial charge in [-0.25, -0.2) is 0 Å². The zero-order chi connectivity index (χ0) is 24.3. The molecule has 2 amide bonds. The largest absolute Gasteiger partial charge is 0.481 e. The molecule has 0 saturated carbocycles. The molecular formula is C24H37BrN2O6. The van der Waals surface area contributed by atoms with Crippen LogP contribution in [0.2, 0.25) is 0 Å². The highest BCUT2D eigenvalue weighted by Crippen LogP contribution is 2.60. The summed E-state index contributed by atoms with van der Waals surface area (Å²) in [5, 5.41) is 19.0. The van der Waals surface area contributed by atoms with Gasteiger partial charge in [0.2, 0.25) is 11.8 Å². The van der Waals surface area contributed by atoms with Gasteiger partial charge in [0.25, 0.3) is 0 Å². The smallest absolute Gasteiger partial charge is 0.310 e. The molecule has 1 spiro atoms. The van der Waals surface area contributed by atoms with Gasteiger partial charge >= 0.3 is 5.97 Å². The van der Waals surface area contributed by atoms with Gasteiger partial charge in [0.05, 0.1) is 17.9 Å². The number of ether oxygens (including phenoxy) is 1. The summed E-state index contributed by atoms with van der Waals surface area (Å²) in [6.45, 7) is 8.73. The highest BCUT2D eigenvalue weighted by Gasteiger charge is 2.76. The highest BCUT2D eigenvalue weighted by molar-refractivity contribution is 9.09. The van der Waals surface area contributed by atoms with Crippen LogP contribution in [0, 0.1) is 11.8 Å². The van der Waals surface area contributed by atoms with Crippen LogP contribution in [0.25, 0.3) is 0 Å². The lowest BCUT2D eigenvalue weighted by Gasteiger charge is -2.39. The van der Waals surface area contributed by atoms with Gasteiger partial charge in [0, 0.05) is 30.6 Å². The summed E-state index contributed by atoms with van der Waals surface area (Å²) in [5.41, 5.74) is -1.13. The average molecular weight is 529 g/mol.